The van der Waals surface area contributed by atoms with E-state index in [-0.39, 0.29) is 12.5 Å². The summed E-state index contributed by atoms with van der Waals surface area (Å²) in [6.07, 6.45) is 3.76. The van der Waals surface area contributed by atoms with E-state index in [0.717, 1.165) is 11.3 Å². The van der Waals surface area contributed by atoms with E-state index in [1.54, 1.807) is 5.01 Å². The fourth-order valence-corrected chi connectivity index (χ4v) is 2.34. The first-order valence-electron chi connectivity index (χ1n) is 6.21. The Labute approximate surface area is 120 Å². The maximum atomic E-state index is 10.7. The summed E-state index contributed by atoms with van der Waals surface area (Å²) in [6.45, 7) is 0.503. The predicted octanol–water partition coefficient (Wildman–Crippen LogP) is 2.17. The van der Waals surface area contributed by atoms with E-state index in [4.69, 9.17) is 16.7 Å². The second kappa shape index (κ2) is 5.09. The van der Waals surface area contributed by atoms with Gasteiger partial charge in [-0.2, -0.15) is 5.10 Å². The summed E-state index contributed by atoms with van der Waals surface area (Å²) in [4.78, 5) is 15.1. The van der Waals surface area contributed by atoms with Gasteiger partial charge in [-0.25, -0.2) is 5.01 Å². The minimum Gasteiger partial charge on any atom is -0.481 e. The van der Waals surface area contributed by atoms with Gasteiger partial charge in [0.25, 0.3) is 0 Å². The molecule has 5 nitrogen and oxygen atoms in total. The molecule has 0 saturated carbocycles. The molecule has 0 spiro atoms. The number of allylic oxidation sites excluding steroid dienone is 1. The van der Waals surface area contributed by atoms with Crippen LogP contribution in [0.25, 0.3) is 0 Å². The fourth-order valence-electron chi connectivity index (χ4n) is 2.21. The molecule has 1 atom stereocenters. The van der Waals surface area contributed by atoms with Crippen LogP contribution < -0.4 is 0 Å². The number of rotatable bonds is 3. The van der Waals surface area contributed by atoms with Crippen molar-refractivity contribution in [2.45, 2.75) is 12.5 Å². The van der Waals surface area contributed by atoms with Gasteiger partial charge in [0.15, 0.2) is 0 Å². The number of carbonyl (C=O) groups is 1. The first-order chi connectivity index (χ1) is 9.61. The van der Waals surface area contributed by atoms with Crippen molar-refractivity contribution in [3.8, 4) is 0 Å². The molecule has 0 saturated heterocycles. The molecular weight excluding hydrogens is 278 g/mol. The number of aliphatic imine (C=N–C) groups is 1. The number of hydrogen-bond donors (Lipinski definition) is 1. The Morgan fingerprint density at radius 2 is 2.10 bits per heavy atom. The smallest absolute Gasteiger partial charge is 0.305 e. The highest BCUT2D eigenvalue weighted by atomic mass is 35.5. The molecule has 0 amide bonds. The minimum atomic E-state index is -0.843. The van der Waals surface area contributed by atoms with Crippen LogP contribution in [0.5, 0.6) is 0 Å². The number of carboxylic acid groups (broad SMARTS) is 1. The summed E-state index contributed by atoms with van der Waals surface area (Å²) in [5.74, 6) is -0.126. The van der Waals surface area contributed by atoms with E-state index >= 15 is 0 Å². The third kappa shape index (κ3) is 2.58. The summed E-state index contributed by atoms with van der Waals surface area (Å²) >= 11 is 5.86. The van der Waals surface area contributed by atoms with Gasteiger partial charge in [0.1, 0.15) is 5.84 Å². The van der Waals surface area contributed by atoms with Crippen LogP contribution in [0.3, 0.4) is 0 Å². The van der Waals surface area contributed by atoms with E-state index in [0.29, 0.717) is 17.4 Å². The Hall–Kier alpha value is -2.14. The largest absolute Gasteiger partial charge is 0.481 e. The molecule has 102 valence electrons. The Kier molecular flexibility index (Phi) is 3.28. The van der Waals surface area contributed by atoms with Crippen LogP contribution in [0, 0.1) is 0 Å². The fraction of sp³-hybridized carbons (Fsp3) is 0.214. The van der Waals surface area contributed by atoms with E-state index in [1.807, 2.05) is 36.4 Å². The lowest BCUT2D eigenvalue weighted by Crippen LogP contribution is -2.27. The van der Waals surface area contributed by atoms with Gasteiger partial charge in [0.05, 0.1) is 24.7 Å². The van der Waals surface area contributed by atoms with Gasteiger partial charge in [0, 0.05) is 10.6 Å². The molecule has 3 rings (SSSR count). The molecule has 0 aliphatic carbocycles. The van der Waals surface area contributed by atoms with Crippen molar-refractivity contribution in [1.82, 2.24) is 5.01 Å². The van der Waals surface area contributed by atoms with Crippen molar-refractivity contribution < 1.29 is 9.90 Å². The zero-order valence-corrected chi connectivity index (χ0v) is 11.3. The third-order valence-corrected chi connectivity index (χ3v) is 3.38. The summed E-state index contributed by atoms with van der Waals surface area (Å²) in [7, 11) is 0. The van der Waals surface area contributed by atoms with Crippen LogP contribution in [-0.4, -0.2) is 40.2 Å². The highest BCUT2D eigenvalue weighted by Gasteiger charge is 2.27. The van der Waals surface area contributed by atoms with Crippen molar-refractivity contribution >= 4 is 29.1 Å². The van der Waals surface area contributed by atoms with E-state index in [9.17, 15) is 4.79 Å². The van der Waals surface area contributed by atoms with Gasteiger partial charge < -0.3 is 5.11 Å². The standard InChI is InChI=1S/C14H12ClN3O2/c15-10-3-1-9(2-4-10)12-5-6-13-16-11(7-14(19)20)8-18(13)17-12/h1-6,11H,7-8H2,(H,19,20). The van der Waals surface area contributed by atoms with Gasteiger partial charge in [0.2, 0.25) is 0 Å². The molecule has 20 heavy (non-hydrogen) atoms. The molecule has 1 aromatic carbocycles. The van der Waals surface area contributed by atoms with Crippen molar-refractivity contribution in [3.05, 3.63) is 47.0 Å². The molecule has 0 radical (unpaired) electrons. The van der Waals surface area contributed by atoms with E-state index in [1.165, 1.54) is 0 Å². The monoisotopic (exact) mass is 289 g/mol. The summed E-state index contributed by atoms with van der Waals surface area (Å²) in [6, 6.07) is 7.19. The second-order valence-corrected chi connectivity index (χ2v) is 5.08. The zero-order valence-electron chi connectivity index (χ0n) is 10.5. The molecule has 2 heterocycles. The Bertz CT molecular complexity index is 634. The van der Waals surface area contributed by atoms with Crippen LogP contribution >= 0.6 is 11.6 Å². The number of amidine groups is 1. The quantitative estimate of drug-likeness (QED) is 0.927. The molecule has 6 heteroatoms. The Morgan fingerprint density at radius 1 is 1.35 bits per heavy atom. The molecule has 2 aliphatic heterocycles. The van der Waals surface area contributed by atoms with Gasteiger partial charge in [-0.05, 0) is 24.3 Å². The lowest BCUT2D eigenvalue weighted by atomic mass is 10.1. The number of hydrogen-bond acceptors (Lipinski definition) is 4. The molecular formula is C14H12ClN3O2. The molecule has 0 fully saturated rings. The number of carboxylic acids is 1. The average molecular weight is 290 g/mol. The first-order valence-corrected chi connectivity index (χ1v) is 6.59. The number of halogens is 1. The van der Waals surface area contributed by atoms with Crippen LogP contribution in [0.15, 0.2) is 46.5 Å². The topological polar surface area (TPSA) is 65.3 Å². The van der Waals surface area contributed by atoms with Crippen LogP contribution in [0.2, 0.25) is 5.02 Å². The normalized spacial score (nSPS) is 20.4. The first kappa shape index (κ1) is 12.9. The number of nitrogens with zero attached hydrogens (tertiary/aromatic N) is 3. The van der Waals surface area contributed by atoms with Crippen LogP contribution in [0.1, 0.15) is 12.0 Å². The summed E-state index contributed by atoms with van der Waals surface area (Å²) in [5, 5.41) is 15.7. The van der Waals surface area contributed by atoms with E-state index in [2.05, 4.69) is 10.1 Å². The van der Waals surface area contributed by atoms with Gasteiger partial charge in [-0.15, -0.1) is 0 Å². The SMILES string of the molecule is O=C(O)CC1CN2N=C(c3ccc(Cl)cc3)C=CC2=N1. The lowest BCUT2D eigenvalue weighted by Gasteiger charge is -2.18. The van der Waals surface area contributed by atoms with Crippen LogP contribution in [-0.2, 0) is 4.79 Å². The van der Waals surface area contributed by atoms with Gasteiger partial charge >= 0.3 is 5.97 Å². The molecule has 0 aromatic heterocycles. The van der Waals surface area contributed by atoms with Crippen molar-refractivity contribution in [2.24, 2.45) is 10.1 Å². The van der Waals surface area contributed by atoms with Crippen molar-refractivity contribution in [2.75, 3.05) is 6.54 Å². The second-order valence-electron chi connectivity index (χ2n) is 4.65. The predicted molar refractivity (Wildman–Crippen MR) is 77.3 cm³/mol. The van der Waals surface area contributed by atoms with Gasteiger partial charge in [-0.1, -0.05) is 23.7 Å². The zero-order chi connectivity index (χ0) is 14.1. The lowest BCUT2D eigenvalue weighted by molar-refractivity contribution is -0.137. The summed E-state index contributed by atoms with van der Waals surface area (Å²) < 4.78 is 0. The molecule has 1 N–H and O–H groups in total. The molecule has 2 aliphatic rings. The van der Waals surface area contributed by atoms with Crippen molar-refractivity contribution in [1.29, 1.82) is 0 Å². The average Bonchev–Trinajstić information content (AvgIpc) is 2.79. The Morgan fingerprint density at radius 3 is 2.80 bits per heavy atom. The number of hydrazone groups is 1. The maximum absolute atomic E-state index is 10.7. The van der Waals surface area contributed by atoms with Gasteiger partial charge in [-0.3, -0.25) is 9.79 Å². The van der Waals surface area contributed by atoms with Crippen molar-refractivity contribution in [3.63, 3.8) is 0 Å². The minimum absolute atomic E-state index is 0.0274. The number of fused-ring (bicyclic) bond motifs is 1. The van der Waals surface area contributed by atoms with E-state index < -0.39 is 5.97 Å². The number of benzene rings is 1. The third-order valence-electron chi connectivity index (χ3n) is 3.13. The summed E-state index contributed by atoms with van der Waals surface area (Å²) in [5.41, 5.74) is 1.78. The highest BCUT2D eigenvalue weighted by molar-refractivity contribution is 6.30. The van der Waals surface area contributed by atoms with Crippen LogP contribution in [0.4, 0.5) is 0 Å². The molecule has 1 aromatic rings. The maximum Gasteiger partial charge on any atom is 0.305 e. The number of aliphatic carboxylic acids is 1. The Balaban J connectivity index is 1.80. The molecule has 0 bridgehead atoms. The highest BCUT2D eigenvalue weighted by Crippen LogP contribution is 2.19. The molecule has 1 unspecified atom stereocenters.